The molecular weight excluding hydrogens is 206 g/mol. The van der Waals surface area contributed by atoms with Crippen LogP contribution in [0.15, 0.2) is 0 Å². The third-order valence-corrected chi connectivity index (χ3v) is 3.24. The van der Waals surface area contributed by atoms with Crippen LogP contribution in [-0.4, -0.2) is 48.9 Å². The lowest BCUT2D eigenvalue weighted by molar-refractivity contribution is -0.114. The van der Waals surface area contributed by atoms with E-state index in [1.165, 1.54) is 0 Å². The highest BCUT2D eigenvalue weighted by Gasteiger charge is 2.36. The van der Waals surface area contributed by atoms with Crippen molar-refractivity contribution in [3.05, 3.63) is 0 Å². The van der Waals surface area contributed by atoms with Crippen LogP contribution in [0.5, 0.6) is 0 Å². The van der Waals surface area contributed by atoms with Crippen LogP contribution in [-0.2, 0) is 4.79 Å². The van der Waals surface area contributed by atoms with Gasteiger partial charge in [-0.05, 0) is 26.7 Å². The van der Waals surface area contributed by atoms with Crippen LogP contribution in [0.25, 0.3) is 0 Å². The zero-order chi connectivity index (χ0) is 12.2. The SMILES string of the molecule is CNC(=O)NC1(C=O)CCN(C(C)C)CC1. The standard InChI is InChI=1S/C11H21N3O2/c1-9(2)14-6-4-11(8-15,5-7-14)13-10(16)12-3/h8-9H,4-7H2,1-3H3,(H2,12,13,16). The number of hydrogen-bond donors (Lipinski definition) is 2. The molecule has 0 bridgehead atoms. The molecule has 92 valence electrons. The summed E-state index contributed by atoms with van der Waals surface area (Å²) in [5.41, 5.74) is -0.675. The second-order valence-electron chi connectivity index (χ2n) is 4.61. The summed E-state index contributed by atoms with van der Waals surface area (Å²) in [5, 5.41) is 5.23. The highest BCUT2D eigenvalue weighted by molar-refractivity contribution is 5.80. The van der Waals surface area contributed by atoms with Gasteiger partial charge in [0.1, 0.15) is 6.29 Å². The minimum Gasteiger partial charge on any atom is -0.341 e. The molecule has 0 atom stereocenters. The number of carbonyl (C=O) groups excluding carboxylic acids is 2. The van der Waals surface area contributed by atoms with Crippen molar-refractivity contribution >= 4 is 12.3 Å². The first-order chi connectivity index (χ1) is 7.53. The Bertz CT molecular complexity index is 258. The van der Waals surface area contributed by atoms with Crippen LogP contribution >= 0.6 is 0 Å². The Balaban J connectivity index is 2.58. The zero-order valence-corrected chi connectivity index (χ0v) is 10.2. The van der Waals surface area contributed by atoms with E-state index in [1.807, 2.05) is 0 Å². The van der Waals surface area contributed by atoms with Crippen molar-refractivity contribution in [3.63, 3.8) is 0 Å². The van der Waals surface area contributed by atoms with E-state index in [2.05, 4.69) is 29.4 Å². The number of nitrogens with zero attached hydrogens (tertiary/aromatic N) is 1. The lowest BCUT2D eigenvalue weighted by Gasteiger charge is -2.40. The van der Waals surface area contributed by atoms with Crippen LogP contribution in [0.1, 0.15) is 26.7 Å². The Hall–Kier alpha value is -1.10. The maximum Gasteiger partial charge on any atom is 0.315 e. The molecule has 5 nitrogen and oxygen atoms in total. The minimum atomic E-state index is -0.675. The molecule has 1 saturated heterocycles. The van der Waals surface area contributed by atoms with Gasteiger partial charge in [0.2, 0.25) is 0 Å². The molecule has 0 unspecified atom stereocenters. The molecule has 0 spiro atoms. The molecule has 0 radical (unpaired) electrons. The van der Waals surface area contributed by atoms with Crippen LogP contribution < -0.4 is 10.6 Å². The molecule has 16 heavy (non-hydrogen) atoms. The quantitative estimate of drug-likeness (QED) is 0.684. The first-order valence-corrected chi connectivity index (χ1v) is 5.73. The Kier molecular flexibility index (Phi) is 4.29. The number of carbonyl (C=O) groups is 2. The third-order valence-electron chi connectivity index (χ3n) is 3.24. The second-order valence-corrected chi connectivity index (χ2v) is 4.61. The van der Waals surface area contributed by atoms with Gasteiger partial charge in [-0.15, -0.1) is 0 Å². The molecule has 1 rings (SSSR count). The summed E-state index contributed by atoms with van der Waals surface area (Å²) in [5.74, 6) is 0. The fraction of sp³-hybridized carbons (Fsp3) is 0.818. The highest BCUT2D eigenvalue weighted by Crippen LogP contribution is 2.21. The number of urea groups is 1. The number of piperidine rings is 1. The average Bonchev–Trinajstić information content (AvgIpc) is 2.29. The molecule has 0 aromatic carbocycles. The predicted octanol–water partition coefficient (Wildman–Crippen LogP) is 0.357. The van der Waals surface area contributed by atoms with Crippen LogP contribution in [0.4, 0.5) is 4.79 Å². The fourth-order valence-corrected chi connectivity index (χ4v) is 2.00. The largest absolute Gasteiger partial charge is 0.341 e. The number of likely N-dealkylation sites (tertiary alicyclic amines) is 1. The predicted molar refractivity (Wildman–Crippen MR) is 62.3 cm³/mol. The van der Waals surface area contributed by atoms with E-state index in [4.69, 9.17) is 0 Å². The van der Waals surface area contributed by atoms with Crippen molar-refractivity contribution in [1.82, 2.24) is 15.5 Å². The Morgan fingerprint density at radius 2 is 1.94 bits per heavy atom. The number of aldehydes is 1. The Labute approximate surface area is 96.6 Å². The normalized spacial score (nSPS) is 20.5. The van der Waals surface area contributed by atoms with Crippen molar-refractivity contribution in [1.29, 1.82) is 0 Å². The van der Waals surface area contributed by atoms with Gasteiger partial charge in [-0.1, -0.05) is 0 Å². The van der Waals surface area contributed by atoms with Gasteiger partial charge in [-0.2, -0.15) is 0 Å². The Morgan fingerprint density at radius 1 is 1.38 bits per heavy atom. The van der Waals surface area contributed by atoms with E-state index in [1.54, 1.807) is 7.05 Å². The smallest absolute Gasteiger partial charge is 0.315 e. The first kappa shape index (κ1) is 13.0. The summed E-state index contributed by atoms with van der Waals surface area (Å²) in [7, 11) is 1.55. The van der Waals surface area contributed by atoms with Gasteiger partial charge in [0.25, 0.3) is 0 Å². The second kappa shape index (κ2) is 5.30. The summed E-state index contributed by atoms with van der Waals surface area (Å²) >= 11 is 0. The molecule has 1 fully saturated rings. The summed E-state index contributed by atoms with van der Waals surface area (Å²) in [6, 6.07) is 0.203. The molecule has 1 aliphatic heterocycles. The molecule has 0 saturated carbocycles. The lowest BCUT2D eigenvalue weighted by Crippen LogP contribution is -2.58. The summed E-state index contributed by atoms with van der Waals surface area (Å²) in [6.45, 7) is 5.97. The van der Waals surface area contributed by atoms with Crippen LogP contribution in [0.2, 0.25) is 0 Å². The zero-order valence-electron chi connectivity index (χ0n) is 10.2. The topological polar surface area (TPSA) is 61.4 Å². The molecule has 2 N–H and O–H groups in total. The van der Waals surface area contributed by atoms with Crippen molar-refractivity contribution in [2.45, 2.75) is 38.3 Å². The molecule has 5 heteroatoms. The number of amides is 2. The van der Waals surface area contributed by atoms with Gasteiger partial charge in [0.05, 0.1) is 5.54 Å². The number of hydrogen-bond acceptors (Lipinski definition) is 3. The van der Waals surface area contributed by atoms with Crippen molar-refractivity contribution in [2.24, 2.45) is 0 Å². The summed E-state index contributed by atoms with van der Waals surface area (Å²) < 4.78 is 0. The van der Waals surface area contributed by atoms with Crippen molar-refractivity contribution < 1.29 is 9.59 Å². The van der Waals surface area contributed by atoms with E-state index >= 15 is 0 Å². The third kappa shape index (κ3) is 2.95. The van der Waals surface area contributed by atoms with E-state index in [0.717, 1.165) is 19.4 Å². The molecule has 2 amide bonds. The lowest BCUT2D eigenvalue weighted by atomic mass is 9.88. The van der Waals surface area contributed by atoms with Gasteiger partial charge < -0.3 is 20.3 Å². The fourth-order valence-electron chi connectivity index (χ4n) is 2.00. The van der Waals surface area contributed by atoms with E-state index in [9.17, 15) is 9.59 Å². The van der Waals surface area contributed by atoms with Crippen LogP contribution in [0, 0.1) is 0 Å². The monoisotopic (exact) mass is 227 g/mol. The minimum absolute atomic E-state index is 0.287. The van der Waals surface area contributed by atoms with Gasteiger partial charge in [-0.3, -0.25) is 0 Å². The first-order valence-electron chi connectivity index (χ1n) is 5.73. The van der Waals surface area contributed by atoms with E-state index in [-0.39, 0.29) is 6.03 Å². The van der Waals surface area contributed by atoms with Gasteiger partial charge >= 0.3 is 6.03 Å². The molecular formula is C11H21N3O2. The molecule has 0 aliphatic carbocycles. The summed E-state index contributed by atoms with van der Waals surface area (Å²) in [6.07, 6.45) is 2.24. The van der Waals surface area contributed by atoms with Gasteiger partial charge in [0.15, 0.2) is 0 Å². The summed E-state index contributed by atoms with van der Waals surface area (Å²) in [4.78, 5) is 24.7. The Morgan fingerprint density at radius 3 is 2.31 bits per heavy atom. The maximum atomic E-state index is 11.3. The van der Waals surface area contributed by atoms with Crippen molar-refractivity contribution in [3.8, 4) is 0 Å². The van der Waals surface area contributed by atoms with E-state index in [0.29, 0.717) is 18.9 Å². The molecule has 1 heterocycles. The molecule has 0 aromatic rings. The molecule has 1 aliphatic rings. The van der Waals surface area contributed by atoms with Gasteiger partial charge in [-0.25, -0.2) is 4.79 Å². The molecule has 0 aromatic heterocycles. The number of nitrogens with one attached hydrogen (secondary N) is 2. The van der Waals surface area contributed by atoms with Crippen LogP contribution in [0.3, 0.4) is 0 Å². The highest BCUT2D eigenvalue weighted by atomic mass is 16.2. The van der Waals surface area contributed by atoms with E-state index < -0.39 is 5.54 Å². The maximum absolute atomic E-state index is 11.3. The van der Waals surface area contributed by atoms with Gasteiger partial charge in [0, 0.05) is 26.2 Å². The van der Waals surface area contributed by atoms with Crippen molar-refractivity contribution in [2.75, 3.05) is 20.1 Å². The average molecular weight is 227 g/mol. The number of rotatable bonds is 3.